The second-order valence-corrected chi connectivity index (χ2v) is 6.02. The number of hydrogen-bond donors (Lipinski definition) is 2. The molecule has 1 saturated heterocycles. The van der Waals surface area contributed by atoms with Crippen LogP contribution in [0.3, 0.4) is 0 Å². The first-order valence-corrected chi connectivity index (χ1v) is 7.53. The number of ether oxygens (including phenoxy) is 1. The molecule has 1 atom stereocenters. The summed E-state index contributed by atoms with van der Waals surface area (Å²) in [6.45, 7) is 1.25. The number of primary sulfonamides is 1. The quantitative estimate of drug-likeness (QED) is 0.830. The molecule has 0 radical (unpaired) electrons. The van der Waals surface area contributed by atoms with Crippen molar-refractivity contribution in [1.29, 1.82) is 0 Å². The number of amides is 1. The first-order valence-electron chi connectivity index (χ1n) is 5.98. The summed E-state index contributed by atoms with van der Waals surface area (Å²) >= 11 is 0. The smallest absolute Gasteiger partial charge is 0.251 e. The Morgan fingerprint density at radius 2 is 2.00 bits per heavy atom. The van der Waals surface area contributed by atoms with E-state index in [1.54, 1.807) is 0 Å². The Balaban J connectivity index is 2.03. The van der Waals surface area contributed by atoms with E-state index in [0.717, 1.165) is 19.4 Å². The van der Waals surface area contributed by atoms with Crippen LogP contribution in [0.1, 0.15) is 23.2 Å². The van der Waals surface area contributed by atoms with Gasteiger partial charge in [0, 0.05) is 12.2 Å². The van der Waals surface area contributed by atoms with Gasteiger partial charge in [0.1, 0.15) is 0 Å². The van der Waals surface area contributed by atoms with E-state index in [0.29, 0.717) is 12.2 Å². The second-order valence-electron chi connectivity index (χ2n) is 4.46. The summed E-state index contributed by atoms with van der Waals surface area (Å²) < 4.78 is 27.5. The summed E-state index contributed by atoms with van der Waals surface area (Å²) in [7, 11) is -3.72. The maximum atomic E-state index is 11.9. The predicted molar refractivity (Wildman–Crippen MR) is 69.1 cm³/mol. The van der Waals surface area contributed by atoms with Crippen molar-refractivity contribution in [2.75, 3.05) is 13.2 Å². The highest BCUT2D eigenvalue weighted by Crippen LogP contribution is 2.10. The number of nitrogens with one attached hydrogen (secondary N) is 1. The molecule has 1 amide bonds. The molecule has 1 fully saturated rings. The van der Waals surface area contributed by atoms with Crippen LogP contribution in [0.4, 0.5) is 0 Å². The van der Waals surface area contributed by atoms with Gasteiger partial charge in [0.15, 0.2) is 0 Å². The molecular weight excluding hydrogens is 268 g/mol. The predicted octanol–water partition coefficient (Wildman–Crippen LogP) is 0.243. The molecule has 2 rings (SSSR count). The van der Waals surface area contributed by atoms with Crippen molar-refractivity contribution in [3.8, 4) is 0 Å². The molecular formula is C12H16N2O4S. The number of sulfonamides is 1. The van der Waals surface area contributed by atoms with Crippen molar-refractivity contribution in [3.05, 3.63) is 29.8 Å². The van der Waals surface area contributed by atoms with Gasteiger partial charge >= 0.3 is 0 Å². The molecule has 104 valence electrons. The van der Waals surface area contributed by atoms with E-state index in [9.17, 15) is 13.2 Å². The summed E-state index contributed by atoms with van der Waals surface area (Å²) in [6.07, 6.45) is 1.82. The lowest BCUT2D eigenvalue weighted by Gasteiger charge is -2.23. The highest BCUT2D eigenvalue weighted by molar-refractivity contribution is 7.89. The van der Waals surface area contributed by atoms with Crippen LogP contribution in [-0.4, -0.2) is 33.6 Å². The molecule has 6 nitrogen and oxygen atoms in total. The van der Waals surface area contributed by atoms with Crippen LogP contribution >= 0.6 is 0 Å². The van der Waals surface area contributed by atoms with Gasteiger partial charge in [-0.05, 0) is 37.1 Å². The molecule has 1 aliphatic heterocycles. The van der Waals surface area contributed by atoms with Gasteiger partial charge in [-0.2, -0.15) is 0 Å². The van der Waals surface area contributed by atoms with Gasteiger partial charge in [0.25, 0.3) is 5.91 Å². The average Bonchev–Trinajstić information content (AvgIpc) is 2.39. The van der Waals surface area contributed by atoms with E-state index in [2.05, 4.69) is 5.32 Å². The van der Waals surface area contributed by atoms with Crippen LogP contribution in [-0.2, 0) is 14.8 Å². The first kappa shape index (κ1) is 14.0. The van der Waals surface area contributed by atoms with Crippen molar-refractivity contribution >= 4 is 15.9 Å². The number of carbonyl (C=O) groups excluding carboxylic acids is 1. The lowest BCUT2D eigenvalue weighted by Crippen LogP contribution is -2.40. The van der Waals surface area contributed by atoms with E-state index in [1.165, 1.54) is 24.3 Å². The number of rotatable bonds is 3. The molecule has 0 aromatic heterocycles. The van der Waals surface area contributed by atoms with E-state index in [4.69, 9.17) is 9.88 Å². The molecule has 7 heteroatoms. The van der Waals surface area contributed by atoms with Gasteiger partial charge in [-0.3, -0.25) is 4.79 Å². The number of benzene rings is 1. The highest BCUT2D eigenvalue weighted by Gasteiger charge is 2.17. The maximum Gasteiger partial charge on any atom is 0.251 e. The molecule has 1 heterocycles. The number of carbonyl (C=O) groups is 1. The van der Waals surface area contributed by atoms with Crippen molar-refractivity contribution in [2.45, 2.75) is 23.8 Å². The minimum Gasteiger partial charge on any atom is -0.379 e. The third-order valence-electron chi connectivity index (χ3n) is 2.94. The van der Waals surface area contributed by atoms with Gasteiger partial charge < -0.3 is 10.1 Å². The van der Waals surface area contributed by atoms with E-state index >= 15 is 0 Å². The van der Waals surface area contributed by atoms with Gasteiger partial charge in [-0.1, -0.05) is 0 Å². The summed E-state index contributed by atoms with van der Waals surface area (Å²) in [4.78, 5) is 11.9. The van der Waals surface area contributed by atoms with Crippen molar-refractivity contribution in [2.24, 2.45) is 5.14 Å². The van der Waals surface area contributed by atoms with Crippen LogP contribution in [0, 0.1) is 0 Å². The molecule has 1 aliphatic rings. The zero-order valence-corrected chi connectivity index (χ0v) is 11.2. The standard InChI is InChI=1S/C12H16N2O4S/c13-19(16,17)11-5-3-9(4-6-11)12(15)14-10-2-1-7-18-8-10/h3-6,10H,1-2,7-8H2,(H,14,15)(H2,13,16,17). The zero-order chi connectivity index (χ0) is 13.9. The molecule has 1 aromatic carbocycles. The Morgan fingerprint density at radius 1 is 1.32 bits per heavy atom. The Morgan fingerprint density at radius 3 is 2.53 bits per heavy atom. The van der Waals surface area contributed by atoms with E-state index in [1.807, 2.05) is 0 Å². The molecule has 0 bridgehead atoms. The van der Waals surface area contributed by atoms with Crippen LogP contribution < -0.4 is 10.5 Å². The molecule has 0 spiro atoms. The van der Waals surface area contributed by atoms with Crippen LogP contribution in [0.5, 0.6) is 0 Å². The fourth-order valence-electron chi connectivity index (χ4n) is 1.92. The fourth-order valence-corrected chi connectivity index (χ4v) is 2.43. The number of nitrogens with two attached hydrogens (primary N) is 1. The van der Waals surface area contributed by atoms with Crippen LogP contribution in [0.2, 0.25) is 0 Å². The minimum atomic E-state index is -3.72. The monoisotopic (exact) mass is 284 g/mol. The van der Waals surface area contributed by atoms with Gasteiger partial charge in [0.2, 0.25) is 10.0 Å². The van der Waals surface area contributed by atoms with Crippen molar-refractivity contribution < 1.29 is 17.9 Å². The highest BCUT2D eigenvalue weighted by atomic mass is 32.2. The van der Waals surface area contributed by atoms with E-state index in [-0.39, 0.29) is 16.8 Å². The lowest BCUT2D eigenvalue weighted by atomic mass is 10.1. The van der Waals surface area contributed by atoms with E-state index < -0.39 is 10.0 Å². The van der Waals surface area contributed by atoms with Crippen molar-refractivity contribution in [3.63, 3.8) is 0 Å². The summed E-state index contributed by atoms with van der Waals surface area (Å²) in [5.41, 5.74) is 0.401. The van der Waals surface area contributed by atoms with Crippen molar-refractivity contribution in [1.82, 2.24) is 5.32 Å². The van der Waals surface area contributed by atoms with Crippen LogP contribution in [0.25, 0.3) is 0 Å². The SMILES string of the molecule is NS(=O)(=O)c1ccc(C(=O)NC2CCCOC2)cc1. The third-order valence-corrected chi connectivity index (χ3v) is 3.87. The third kappa shape index (κ3) is 3.76. The Hall–Kier alpha value is -1.44. The lowest BCUT2D eigenvalue weighted by molar-refractivity contribution is 0.0624. The average molecular weight is 284 g/mol. The second kappa shape index (κ2) is 5.68. The van der Waals surface area contributed by atoms with Crippen LogP contribution in [0.15, 0.2) is 29.2 Å². The van der Waals surface area contributed by atoms with Gasteiger partial charge in [0.05, 0.1) is 17.5 Å². The summed E-state index contributed by atoms with van der Waals surface area (Å²) in [5.74, 6) is -0.239. The topological polar surface area (TPSA) is 98.5 Å². The Kier molecular flexibility index (Phi) is 4.18. The molecule has 1 unspecified atom stereocenters. The Bertz CT molecular complexity index is 548. The number of hydrogen-bond acceptors (Lipinski definition) is 4. The molecule has 0 saturated carbocycles. The Labute approximate surface area is 112 Å². The van der Waals surface area contributed by atoms with Gasteiger partial charge in [-0.15, -0.1) is 0 Å². The van der Waals surface area contributed by atoms with Gasteiger partial charge in [-0.25, -0.2) is 13.6 Å². The first-order chi connectivity index (χ1) is 8.97. The molecule has 3 N–H and O–H groups in total. The molecule has 1 aromatic rings. The fraction of sp³-hybridized carbons (Fsp3) is 0.417. The maximum absolute atomic E-state index is 11.9. The summed E-state index contributed by atoms with van der Waals surface area (Å²) in [5, 5.41) is 7.84. The molecule has 0 aliphatic carbocycles. The summed E-state index contributed by atoms with van der Waals surface area (Å²) in [6, 6.07) is 5.54. The minimum absolute atomic E-state index is 0.00921. The zero-order valence-electron chi connectivity index (χ0n) is 10.3. The molecule has 19 heavy (non-hydrogen) atoms. The normalized spacial score (nSPS) is 19.9. The largest absolute Gasteiger partial charge is 0.379 e.